The Labute approximate surface area is 89.7 Å². The Morgan fingerprint density at radius 3 is 3.00 bits per heavy atom. The van der Waals surface area contributed by atoms with Gasteiger partial charge < -0.3 is 5.32 Å². The largest absolute Gasteiger partial charge is 0.307 e. The molecule has 0 amide bonds. The van der Waals surface area contributed by atoms with Gasteiger partial charge >= 0.3 is 0 Å². The van der Waals surface area contributed by atoms with Crippen molar-refractivity contribution >= 4 is 0 Å². The molecule has 0 aromatic heterocycles. The first kappa shape index (κ1) is 9.34. The van der Waals surface area contributed by atoms with Crippen LogP contribution < -0.4 is 5.32 Å². The smallest absolute Gasteiger partial charge is 0.128 e. The standard InChI is InChI=1S/C13H16FN/c14-12-4-2-1-3-11(12)13-7-5-10(9-13)6-8-15-13/h1-4,10,15H,5-9H2. The highest BCUT2D eigenvalue weighted by atomic mass is 19.1. The molecule has 1 heterocycles. The van der Waals surface area contributed by atoms with Gasteiger partial charge in [-0.25, -0.2) is 4.39 Å². The van der Waals surface area contributed by atoms with Crippen molar-refractivity contribution in [3.05, 3.63) is 35.6 Å². The monoisotopic (exact) mass is 205 g/mol. The summed E-state index contributed by atoms with van der Waals surface area (Å²) in [6.45, 7) is 1.04. The highest BCUT2D eigenvalue weighted by molar-refractivity contribution is 5.28. The lowest BCUT2D eigenvalue weighted by atomic mass is 9.84. The fraction of sp³-hybridized carbons (Fsp3) is 0.538. The summed E-state index contributed by atoms with van der Waals surface area (Å²) in [7, 11) is 0. The first-order valence-corrected chi connectivity index (χ1v) is 5.80. The van der Waals surface area contributed by atoms with Gasteiger partial charge in [0.1, 0.15) is 5.82 Å². The summed E-state index contributed by atoms with van der Waals surface area (Å²) >= 11 is 0. The van der Waals surface area contributed by atoms with Crippen molar-refractivity contribution in [2.24, 2.45) is 5.92 Å². The molecule has 1 aromatic carbocycles. The van der Waals surface area contributed by atoms with E-state index in [-0.39, 0.29) is 11.4 Å². The molecule has 0 radical (unpaired) electrons. The second-order valence-corrected chi connectivity index (χ2v) is 4.89. The van der Waals surface area contributed by atoms with Gasteiger partial charge in [-0.3, -0.25) is 0 Å². The van der Waals surface area contributed by atoms with E-state index in [1.807, 2.05) is 12.1 Å². The maximum absolute atomic E-state index is 13.8. The molecule has 1 N–H and O–H groups in total. The molecule has 1 aliphatic heterocycles. The Morgan fingerprint density at radius 1 is 1.27 bits per heavy atom. The maximum atomic E-state index is 13.8. The van der Waals surface area contributed by atoms with E-state index in [0.29, 0.717) is 0 Å². The maximum Gasteiger partial charge on any atom is 0.128 e. The molecule has 1 aromatic rings. The van der Waals surface area contributed by atoms with E-state index >= 15 is 0 Å². The van der Waals surface area contributed by atoms with Gasteiger partial charge in [0.05, 0.1) is 0 Å². The van der Waals surface area contributed by atoms with Crippen LogP contribution in [0.15, 0.2) is 24.3 Å². The van der Waals surface area contributed by atoms with Crippen molar-refractivity contribution in [2.45, 2.75) is 31.2 Å². The van der Waals surface area contributed by atoms with Gasteiger partial charge in [-0.1, -0.05) is 18.2 Å². The Balaban J connectivity index is 2.02. The molecule has 2 heteroatoms. The van der Waals surface area contributed by atoms with Gasteiger partial charge in [0, 0.05) is 11.1 Å². The predicted octanol–water partition coefficient (Wildman–Crippen LogP) is 2.81. The first-order chi connectivity index (χ1) is 7.30. The van der Waals surface area contributed by atoms with Crippen LogP contribution in [0.2, 0.25) is 0 Å². The number of fused-ring (bicyclic) bond motifs is 2. The van der Waals surface area contributed by atoms with Crippen LogP contribution in [0.3, 0.4) is 0 Å². The lowest BCUT2D eigenvalue weighted by Crippen LogP contribution is -2.44. The summed E-state index contributed by atoms with van der Waals surface area (Å²) in [5.74, 6) is 0.762. The molecule has 2 fully saturated rings. The van der Waals surface area contributed by atoms with E-state index in [0.717, 1.165) is 30.9 Å². The Bertz CT molecular complexity index is 373. The topological polar surface area (TPSA) is 12.0 Å². The average Bonchev–Trinajstić information content (AvgIpc) is 2.56. The third-order valence-electron chi connectivity index (χ3n) is 4.02. The number of rotatable bonds is 1. The van der Waals surface area contributed by atoms with Crippen LogP contribution >= 0.6 is 0 Å². The minimum absolute atomic E-state index is 0.0474. The molecule has 2 bridgehead atoms. The van der Waals surface area contributed by atoms with Crippen LogP contribution in [0.1, 0.15) is 31.2 Å². The lowest BCUT2D eigenvalue weighted by molar-refractivity contribution is 0.267. The van der Waals surface area contributed by atoms with Crippen molar-refractivity contribution in [2.75, 3.05) is 6.54 Å². The van der Waals surface area contributed by atoms with Crippen LogP contribution in [-0.4, -0.2) is 6.54 Å². The van der Waals surface area contributed by atoms with Gasteiger partial charge in [0.15, 0.2) is 0 Å². The first-order valence-electron chi connectivity index (χ1n) is 5.80. The normalized spacial score (nSPS) is 34.3. The van der Waals surface area contributed by atoms with Gasteiger partial charge in [-0.15, -0.1) is 0 Å². The molecule has 80 valence electrons. The van der Waals surface area contributed by atoms with Gasteiger partial charge in [-0.05, 0) is 44.2 Å². The van der Waals surface area contributed by atoms with Crippen molar-refractivity contribution in [1.29, 1.82) is 0 Å². The number of hydrogen-bond donors (Lipinski definition) is 1. The third kappa shape index (κ3) is 1.39. The van der Waals surface area contributed by atoms with E-state index in [4.69, 9.17) is 0 Å². The van der Waals surface area contributed by atoms with Gasteiger partial charge in [0.2, 0.25) is 0 Å². The van der Waals surface area contributed by atoms with Crippen LogP contribution in [0.5, 0.6) is 0 Å². The van der Waals surface area contributed by atoms with Gasteiger partial charge in [-0.2, -0.15) is 0 Å². The minimum atomic E-state index is -0.0486. The summed E-state index contributed by atoms with van der Waals surface area (Å²) in [6, 6.07) is 7.23. The van der Waals surface area contributed by atoms with Crippen LogP contribution in [0.25, 0.3) is 0 Å². The van der Waals surface area contributed by atoms with Crippen LogP contribution in [0.4, 0.5) is 4.39 Å². The molecule has 2 atom stereocenters. The molecule has 1 saturated carbocycles. The second-order valence-electron chi connectivity index (χ2n) is 4.89. The van der Waals surface area contributed by atoms with Crippen molar-refractivity contribution < 1.29 is 4.39 Å². The molecule has 1 nitrogen and oxygen atoms in total. The molecule has 15 heavy (non-hydrogen) atoms. The number of piperidine rings is 1. The number of nitrogens with one attached hydrogen (secondary N) is 1. The van der Waals surface area contributed by atoms with Crippen LogP contribution in [-0.2, 0) is 5.54 Å². The summed E-state index contributed by atoms with van der Waals surface area (Å²) in [4.78, 5) is 0. The second kappa shape index (κ2) is 3.31. The van der Waals surface area contributed by atoms with E-state index in [9.17, 15) is 4.39 Å². The highest BCUT2D eigenvalue weighted by Gasteiger charge is 2.44. The van der Waals surface area contributed by atoms with E-state index in [1.165, 1.54) is 12.8 Å². The summed E-state index contributed by atoms with van der Waals surface area (Å²) in [6.07, 6.45) is 4.73. The SMILES string of the molecule is Fc1ccccc1C12CCC(CCN1)C2. The predicted molar refractivity (Wildman–Crippen MR) is 58.0 cm³/mol. The quantitative estimate of drug-likeness (QED) is 0.743. The van der Waals surface area contributed by atoms with E-state index < -0.39 is 0 Å². The van der Waals surface area contributed by atoms with E-state index in [1.54, 1.807) is 12.1 Å². The number of halogens is 1. The van der Waals surface area contributed by atoms with Crippen molar-refractivity contribution in [3.8, 4) is 0 Å². The van der Waals surface area contributed by atoms with Crippen molar-refractivity contribution in [3.63, 3.8) is 0 Å². The van der Waals surface area contributed by atoms with Crippen LogP contribution in [0, 0.1) is 11.7 Å². The number of benzene rings is 1. The van der Waals surface area contributed by atoms with E-state index in [2.05, 4.69) is 5.32 Å². The zero-order valence-corrected chi connectivity index (χ0v) is 8.80. The third-order valence-corrected chi connectivity index (χ3v) is 4.02. The molecular formula is C13H16FN. The van der Waals surface area contributed by atoms with Gasteiger partial charge in [0.25, 0.3) is 0 Å². The molecule has 0 spiro atoms. The number of hydrogen-bond acceptors (Lipinski definition) is 1. The minimum Gasteiger partial charge on any atom is -0.307 e. The average molecular weight is 205 g/mol. The molecule has 3 rings (SSSR count). The Morgan fingerprint density at radius 2 is 2.13 bits per heavy atom. The molecule has 1 aliphatic carbocycles. The zero-order valence-electron chi connectivity index (χ0n) is 8.80. The highest BCUT2D eigenvalue weighted by Crippen LogP contribution is 2.46. The summed E-state index contributed by atoms with van der Waals surface area (Å²) in [5.41, 5.74) is 0.834. The molecule has 2 unspecified atom stereocenters. The molecule has 2 aliphatic rings. The zero-order chi connectivity index (χ0) is 10.3. The molecular weight excluding hydrogens is 189 g/mol. The summed E-state index contributed by atoms with van der Waals surface area (Å²) < 4.78 is 13.8. The Kier molecular flexibility index (Phi) is 2.06. The summed E-state index contributed by atoms with van der Waals surface area (Å²) in [5, 5.41) is 3.54. The Hall–Kier alpha value is -0.890. The van der Waals surface area contributed by atoms with Crippen molar-refractivity contribution in [1.82, 2.24) is 5.32 Å². The lowest BCUT2D eigenvalue weighted by Gasteiger charge is -2.35. The fourth-order valence-electron chi connectivity index (χ4n) is 3.26. The fourth-order valence-corrected chi connectivity index (χ4v) is 3.26. The molecule has 1 saturated heterocycles.